The van der Waals surface area contributed by atoms with E-state index in [1.165, 1.54) is 0 Å². The SMILES string of the molecule is c1ccc(-c2ncs[n+]2-c2ccccc2)cc1. The van der Waals surface area contributed by atoms with Crippen LogP contribution in [0.25, 0.3) is 17.1 Å². The fraction of sp³-hybridized carbons (Fsp3) is 0. The second kappa shape index (κ2) is 4.47. The van der Waals surface area contributed by atoms with Gasteiger partial charge in [0.05, 0.1) is 17.1 Å². The zero-order chi connectivity index (χ0) is 11.5. The normalized spacial score (nSPS) is 10.4. The highest BCUT2D eigenvalue weighted by Gasteiger charge is 2.18. The quantitative estimate of drug-likeness (QED) is 0.628. The third kappa shape index (κ3) is 1.97. The van der Waals surface area contributed by atoms with Crippen molar-refractivity contribution >= 4 is 11.5 Å². The lowest BCUT2D eigenvalue weighted by Gasteiger charge is -1.97. The van der Waals surface area contributed by atoms with Gasteiger partial charge in [-0.05, 0) is 29.2 Å². The summed E-state index contributed by atoms with van der Waals surface area (Å²) in [5.74, 6) is 0.988. The Morgan fingerprint density at radius 3 is 2.18 bits per heavy atom. The number of hydrogen-bond donors (Lipinski definition) is 0. The molecule has 3 aromatic rings. The molecular weight excluding hydrogens is 228 g/mol. The highest BCUT2D eigenvalue weighted by atomic mass is 32.1. The van der Waals surface area contributed by atoms with Gasteiger partial charge >= 0.3 is 5.82 Å². The van der Waals surface area contributed by atoms with E-state index in [9.17, 15) is 0 Å². The first-order valence-electron chi connectivity index (χ1n) is 5.42. The lowest BCUT2D eigenvalue weighted by molar-refractivity contribution is -0.510. The van der Waals surface area contributed by atoms with Crippen LogP contribution in [0.1, 0.15) is 0 Å². The van der Waals surface area contributed by atoms with E-state index in [4.69, 9.17) is 0 Å². The molecule has 0 spiro atoms. The van der Waals surface area contributed by atoms with E-state index in [1.807, 2.05) is 41.9 Å². The molecule has 1 aromatic heterocycles. The van der Waals surface area contributed by atoms with E-state index in [-0.39, 0.29) is 0 Å². The standard InChI is InChI=1S/C14H11N2S/c1-3-7-12(8-4-1)14-15-11-17-16(14)13-9-5-2-6-10-13/h1-11H/q+1. The summed E-state index contributed by atoms with van der Waals surface area (Å²) in [6.45, 7) is 0. The van der Waals surface area contributed by atoms with Gasteiger partial charge in [-0.2, -0.15) is 0 Å². The van der Waals surface area contributed by atoms with Crippen LogP contribution in [0.2, 0.25) is 0 Å². The van der Waals surface area contributed by atoms with Crippen molar-refractivity contribution in [3.8, 4) is 17.1 Å². The third-order valence-electron chi connectivity index (χ3n) is 2.54. The van der Waals surface area contributed by atoms with Crippen LogP contribution < -0.4 is 3.96 Å². The Morgan fingerprint density at radius 1 is 0.824 bits per heavy atom. The molecule has 0 bridgehead atoms. The van der Waals surface area contributed by atoms with Crippen molar-refractivity contribution in [2.24, 2.45) is 0 Å². The highest BCUT2D eigenvalue weighted by molar-refractivity contribution is 6.99. The second-order valence-corrected chi connectivity index (χ2v) is 4.45. The molecule has 0 fully saturated rings. The third-order valence-corrected chi connectivity index (χ3v) is 3.34. The fourth-order valence-electron chi connectivity index (χ4n) is 1.75. The van der Waals surface area contributed by atoms with Crippen LogP contribution in [0.3, 0.4) is 0 Å². The van der Waals surface area contributed by atoms with Crippen LogP contribution in [-0.4, -0.2) is 4.98 Å². The van der Waals surface area contributed by atoms with Crippen molar-refractivity contribution in [3.05, 3.63) is 66.2 Å². The topological polar surface area (TPSA) is 16.8 Å². The molecule has 0 radical (unpaired) electrons. The zero-order valence-electron chi connectivity index (χ0n) is 9.15. The summed E-state index contributed by atoms with van der Waals surface area (Å²) in [6.07, 6.45) is 0. The van der Waals surface area contributed by atoms with Crippen molar-refractivity contribution in [2.75, 3.05) is 0 Å². The zero-order valence-corrected chi connectivity index (χ0v) is 9.97. The first-order chi connectivity index (χ1) is 8.45. The Balaban J connectivity index is 2.13. The van der Waals surface area contributed by atoms with E-state index in [1.54, 1.807) is 11.5 Å². The lowest BCUT2D eigenvalue weighted by Crippen LogP contribution is -2.27. The molecule has 0 amide bonds. The summed E-state index contributed by atoms with van der Waals surface area (Å²) in [7, 11) is 0. The van der Waals surface area contributed by atoms with Gasteiger partial charge in [0, 0.05) is 0 Å². The maximum atomic E-state index is 4.44. The minimum absolute atomic E-state index is 0.988. The lowest BCUT2D eigenvalue weighted by atomic mass is 10.2. The molecule has 0 saturated heterocycles. The van der Waals surface area contributed by atoms with Gasteiger partial charge in [0.1, 0.15) is 5.69 Å². The largest absolute Gasteiger partial charge is 0.347 e. The Labute approximate surface area is 104 Å². The van der Waals surface area contributed by atoms with Gasteiger partial charge in [0.2, 0.25) is 5.51 Å². The van der Waals surface area contributed by atoms with Crippen LogP contribution in [0, 0.1) is 0 Å². The molecule has 0 aliphatic heterocycles. The van der Waals surface area contributed by atoms with Crippen molar-refractivity contribution in [1.82, 2.24) is 4.98 Å². The van der Waals surface area contributed by atoms with E-state index in [2.05, 4.69) is 33.2 Å². The number of para-hydroxylation sites is 1. The Bertz CT molecular complexity index is 548. The predicted molar refractivity (Wildman–Crippen MR) is 69.1 cm³/mol. The Hall–Kier alpha value is -2.00. The number of aromatic nitrogens is 2. The van der Waals surface area contributed by atoms with Gasteiger partial charge in [-0.1, -0.05) is 36.4 Å². The molecule has 1 heterocycles. The number of nitrogens with zero attached hydrogens (tertiary/aromatic N) is 2. The van der Waals surface area contributed by atoms with E-state index < -0.39 is 0 Å². The number of benzene rings is 2. The average Bonchev–Trinajstić information content (AvgIpc) is 2.90. The molecule has 82 valence electrons. The first-order valence-corrected chi connectivity index (χ1v) is 6.26. The fourth-order valence-corrected chi connectivity index (χ4v) is 2.49. The number of hydrogen-bond acceptors (Lipinski definition) is 2. The van der Waals surface area contributed by atoms with Crippen LogP contribution in [0.4, 0.5) is 0 Å². The smallest absolute Gasteiger partial charge is 0.133 e. The Kier molecular flexibility index (Phi) is 2.68. The van der Waals surface area contributed by atoms with Crippen molar-refractivity contribution in [3.63, 3.8) is 0 Å². The summed E-state index contributed by atoms with van der Waals surface area (Å²) in [4.78, 5) is 4.44. The van der Waals surface area contributed by atoms with Gasteiger partial charge < -0.3 is 0 Å². The molecule has 0 N–H and O–H groups in total. The predicted octanol–water partition coefficient (Wildman–Crippen LogP) is 3.09. The molecule has 0 aliphatic carbocycles. The van der Waals surface area contributed by atoms with E-state index >= 15 is 0 Å². The number of rotatable bonds is 2. The Morgan fingerprint density at radius 2 is 1.47 bits per heavy atom. The van der Waals surface area contributed by atoms with Gasteiger partial charge in [0.15, 0.2) is 0 Å². The minimum Gasteiger partial charge on any atom is -0.133 e. The highest BCUT2D eigenvalue weighted by Crippen LogP contribution is 2.15. The van der Waals surface area contributed by atoms with E-state index in [0.717, 1.165) is 17.1 Å². The van der Waals surface area contributed by atoms with E-state index in [0.29, 0.717) is 0 Å². The molecule has 0 unspecified atom stereocenters. The molecule has 0 atom stereocenters. The van der Waals surface area contributed by atoms with Crippen LogP contribution >= 0.6 is 11.5 Å². The van der Waals surface area contributed by atoms with Gasteiger partial charge in [-0.3, -0.25) is 0 Å². The summed E-state index contributed by atoms with van der Waals surface area (Å²) in [5.41, 5.74) is 4.15. The molecule has 3 rings (SSSR count). The summed E-state index contributed by atoms with van der Waals surface area (Å²) in [6, 6.07) is 20.5. The molecule has 0 saturated carbocycles. The maximum Gasteiger partial charge on any atom is 0.347 e. The molecule has 3 heteroatoms. The summed E-state index contributed by atoms with van der Waals surface area (Å²) < 4.78 is 2.13. The van der Waals surface area contributed by atoms with Gasteiger partial charge in [-0.25, -0.2) is 0 Å². The second-order valence-electron chi connectivity index (χ2n) is 3.66. The first kappa shape index (κ1) is 10.2. The van der Waals surface area contributed by atoms with Crippen molar-refractivity contribution in [1.29, 1.82) is 0 Å². The molecule has 0 aliphatic rings. The monoisotopic (exact) mass is 239 g/mol. The van der Waals surface area contributed by atoms with Crippen molar-refractivity contribution < 1.29 is 3.96 Å². The van der Waals surface area contributed by atoms with Gasteiger partial charge in [-0.15, -0.1) is 3.96 Å². The van der Waals surface area contributed by atoms with Crippen LogP contribution in [0.15, 0.2) is 66.2 Å². The van der Waals surface area contributed by atoms with Gasteiger partial charge in [0.25, 0.3) is 0 Å². The molecule has 2 aromatic carbocycles. The maximum absolute atomic E-state index is 4.44. The van der Waals surface area contributed by atoms with Crippen molar-refractivity contribution in [2.45, 2.75) is 0 Å². The van der Waals surface area contributed by atoms with Crippen LogP contribution in [-0.2, 0) is 0 Å². The van der Waals surface area contributed by atoms with Crippen LogP contribution in [0.5, 0.6) is 0 Å². The minimum atomic E-state index is 0.988. The molecular formula is C14H11N2S+. The summed E-state index contributed by atoms with van der Waals surface area (Å²) in [5, 5.41) is 0. The summed E-state index contributed by atoms with van der Waals surface area (Å²) >= 11 is 1.60. The molecule has 2 nitrogen and oxygen atoms in total. The average molecular weight is 239 g/mol. The molecule has 17 heavy (non-hydrogen) atoms.